The fourth-order valence-corrected chi connectivity index (χ4v) is 1.08. The van der Waals surface area contributed by atoms with Crippen molar-refractivity contribution >= 4 is 5.97 Å². The first kappa shape index (κ1) is 8.78. The molecule has 1 aromatic rings. The van der Waals surface area contributed by atoms with Crippen LogP contribution >= 0.6 is 0 Å². The van der Waals surface area contributed by atoms with Crippen molar-refractivity contribution < 1.29 is 9.90 Å². The highest BCUT2D eigenvalue weighted by atomic mass is 16.4. The average molecular weight is 163 g/mol. The minimum absolute atomic E-state index is 0.523. The number of carboxylic acids is 1. The van der Waals surface area contributed by atoms with Gasteiger partial charge in [0.1, 0.15) is 0 Å². The zero-order valence-electron chi connectivity index (χ0n) is 7.20. The van der Waals surface area contributed by atoms with Gasteiger partial charge < -0.3 is 9.90 Å². The summed E-state index contributed by atoms with van der Waals surface area (Å²) in [7, 11) is 0. The number of carbonyl (C=O) groups is 1. The number of carbonyl (C=O) groups excluding carboxylic acids is 1. The van der Waals surface area contributed by atoms with Crippen molar-refractivity contribution in [1.82, 2.24) is 0 Å². The third-order valence-electron chi connectivity index (χ3n) is 1.90. The Labute approximate surface area is 71.8 Å². The molecule has 0 fully saturated rings. The van der Waals surface area contributed by atoms with Gasteiger partial charge >= 0.3 is 0 Å². The number of hydrogen-bond acceptors (Lipinski definition) is 2. The van der Waals surface area contributed by atoms with E-state index in [4.69, 9.17) is 0 Å². The van der Waals surface area contributed by atoms with Crippen molar-refractivity contribution in [3.63, 3.8) is 0 Å². The van der Waals surface area contributed by atoms with E-state index in [1.807, 2.05) is 25.1 Å². The molecule has 0 N–H and O–H groups in total. The zero-order valence-corrected chi connectivity index (χ0v) is 7.20. The molecule has 0 aliphatic heterocycles. The molecular formula is C10H11O2-. The maximum atomic E-state index is 10.5. The third kappa shape index (κ3) is 1.84. The second kappa shape index (κ2) is 3.39. The highest BCUT2D eigenvalue weighted by Gasteiger charge is 2.04. The lowest BCUT2D eigenvalue weighted by Crippen LogP contribution is -2.27. The van der Waals surface area contributed by atoms with E-state index in [0.717, 1.165) is 11.1 Å². The minimum atomic E-state index is -1.03. The fourth-order valence-electron chi connectivity index (χ4n) is 1.08. The summed E-state index contributed by atoms with van der Waals surface area (Å²) < 4.78 is 0. The van der Waals surface area contributed by atoms with Crippen LogP contribution in [0.15, 0.2) is 24.3 Å². The Morgan fingerprint density at radius 3 is 2.67 bits per heavy atom. The molecular weight excluding hydrogens is 152 g/mol. The average Bonchev–Trinajstić information content (AvgIpc) is 2.03. The molecule has 0 spiro atoms. The van der Waals surface area contributed by atoms with Crippen LogP contribution < -0.4 is 5.11 Å². The molecule has 0 radical (unpaired) electrons. The van der Waals surface area contributed by atoms with E-state index in [-0.39, 0.29) is 0 Å². The van der Waals surface area contributed by atoms with Crippen LogP contribution in [-0.4, -0.2) is 5.97 Å². The quantitative estimate of drug-likeness (QED) is 0.648. The van der Waals surface area contributed by atoms with Gasteiger partial charge in [-0.3, -0.25) is 0 Å². The van der Waals surface area contributed by atoms with Crippen LogP contribution in [0.25, 0.3) is 0 Å². The molecule has 0 aliphatic carbocycles. The summed E-state index contributed by atoms with van der Waals surface area (Å²) in [6.45, 7) is 3.57. The lowest BCUT2D eigenvalue weighted by atomic mass is 10.00. The van der Waals surface area contributed by atoms with Crippen LogP contribution in [0.3, 0.4) is 0 Å². The van der Waals surface area contributed by atoms with Crippen molar-refractivity contribution in [1.29, 1.82) is 0 Å². The van der Waals surface area contributed by atoms with E-state index in [2.05, 4.69) is 0 Å². The molecule has 0 heterocycles. The number of benzene rings is 1. The van der Waals surface area contributed by atoms with Gasteiger partial charge in [-0.1, -0.05) is 36.8 Å². The van der Waals surface area contributed by atoms with Gasteiger partial charge in [-0.05, 0) is 12.5 Å². The molecule has 1 rings (SSSR count). The molecule has 0 saturated heterocycles. The number of aryl methyl sites for hydroxylation is 1. The Bertz CT molecular complexity index is 292. The van der Waals surface area contributed by atoms with Gasteiger partial charge in [0.25, 0.3) is 0 Å². The topological polar surface area (TPSA) is 40.1 Å². The lowest BCUT2D eigenvalue weighted by molar-refractivity contribution is -0.307. The van der Waals surface area contributed by atoms with Gasteiger partial charge in [-0.2, -0.15) is 0 Å². The van der Waals surface area contributed by atoms with E-state index in [0.29, 0.717) is 0 Å². The normalized spacial score (nSPS) is 12.5. The maximum Gasteiger partial charge on any atom is 0.0486 e. The Hall–Kier alpha value is -1.31. The van der Waals surface area contributed by atoms with E-state index in [1.165, 1.54) is 0 Å². The predicted molar refractivity (Wildman–Crippen MR) is 44.6 cm³/mol. The molecule has 0 amide bonds. The lowest BCUT2D eigenvalue weighted by Gasteiger charge is -2.12. The first-order chi connectivity index (χ1) is 5.61. The Balaban J connectivity index is 2.95. The molecule has 1 unspecified atom stereocenters. The third-order valence-corrected chi connectivity index (χ3v) is 1.90. The van der Waals surface area contributed by atoms with Crippen molar-refractivity contribution in [2.24, 2.45) is 0 Å². The summed E-state index contributed by atoms with van der Waals surface area (Å²) in [5, 5.41) is 10.5. The summed E-state index contributed by atoms with van der Waals surface area (Å²) in [6, 6.07) is 7.45. The minimum Gasteiger partial charge on any atom is -0.550 e. The number of rotatable bonds is 2. The van der Waals surface area contributed by atoms with Crippen LogP contribution in [0, 0.1) is 6.92 Å². The fraction of sp³-hybridized carbons (Fsp3) is 0.300. The van der Waals surface area contributed by atoms with Crippen LogP contribution in [0.2, 0.25) is 0 Å². The molecule has 1 aromatic carbocycles. The van der Waals surface area contributed by atoms with Gasteiger partial charge in [-0.25, -0.2) is 0 Å². The van der Waals surface area contributed by atoms with Crippen LogP contribution in [0.1, 0.15) is 24.0 Å². The van der Waals surface area contributed by atoms with E-state index in [1.54, 1.807) is 13.0 Å². The molecule has 12 heavy (non-hydrogen) atoms. The molecule has 0 bridgehead atoms. The molecule has 2 nitrogen and oxygen atoms in total. The summed E-state index contributed by atoms with van der Waals surface area (Å²) in [6.07, 6.45) is 0. The molecule has 64 valence electrons. The van der Waals surface area contributed by atoms with Gasteiger partial charge in [0.2, 0.25) is 0 Å². The standard InChI is InChI=1S/C10H12O2/c1-7-4-3-5-9(6-7)8(2)10(11)12/h3-6,8H,1-2H3,(H,11,12)/p-1. The number of hydrogen-bond donors (Lipinski definition) is 0. The first-order valence-electron chi connectivity index (χ1n) is 3.88. The van der Waals surface area contributed by atoms with E-state index >= 15 is 0 Å². The number of carboxylic acid groups (broad SMARTS) is 1. The second-order valence-corrected chi connectivity index (χ2v) is 2.95. The zero-order chi connectivity index (χ0) is 9.14. The molecule has 1 atom stereocenters. The van der Waals surface area contributed by atoms with E-state index < -0.39 is 11.9 Å². The van der Waals surface area contributed by atoms with Crippen molar-refractivity contribution in [3.8, 4) is 0 Å². The summed E-state index contributed by atoms with van der Waals surface area (Å²) >= 11 is 0. The van der Waals surface area contributed by atoms with Gasteiger partial charge in [-0.15, -0.1) is 0 Å². The molecule has 0 aliphatic rings. The highest BCUT2D eigenvalue weighted by Crippen LogP contribution is 2.14. The summed E-state index contributed by atoms with van der Waals surface area (Å²) in [5.41, 5.74) is 1.87. The SMILES string of the molecule is Cc1cccc(C(C)C(=O)[O-])c1. The highest BCUT2D eigenvalue weighted by molar-refractivity contribution is 5.73. The molecule has 2 heteroatoms. The van der Waals surface area contributed by atoms with Crippen molar-refractivity contribution in [2.45, 2.75) is 19.8 Å². The van der Waals surface area contributed by atoms with Gasteiger partial charge in [0.05, 0.1) is 0 Å². The Kier molecular flexibility index (Phi) is 2.48. The predicted octanol–water partition coefficient (Wildman–Crippen LogP) is 0.848. The van der Waals surface area contributed by atoms with E-state index in [9.17, 15) is 9.90 Å². The first-order valence-corrected chi connectivity index (χ1v) is 3.88. The second-order valence-electron chi connectivity index (χ2n) is 2.95. The summed E-state index contributed by atoms with van der Waals surface area (Å²) in [5.74, 6) is -1.55. The maximum absolute atomic E-state index is 10.5. The van der Waals surface area contributed by atoms with Crippen LogP contribution in [0.4, 0.5) is 0 Å². The monoisotopic (exact) mass is 163 g/mol. The van der Waals surface area contributed by atoms with Crippen LogP contribution in [0.5, 0.6) is 0 Å². The largest absolute Gasteiger partial charge is 0.550 e. The Morgan fingerprint density at radius 2 is 2.17 bits per heavy atom. The summed E-state index contributed by atoms with van der Waals surface area (Å²) in [4.78, 5) is 10.5. The van der Waals surface area contributed by atoms with Gasteiger partial charge in [0, 0.05) is 11.9 Å². The van der Waals surface area contributed by atoms with Gasteiger partial charge in [0.15, 0.2) is 0 Å². The smallest absolute Gasteiger partial charge is 0.0486 e. The Morgan fingerprint density at radius 1 is 1.50 bits per heavy atom. The molecule has 0 saturated carbocycles. The van der Waals surface area contributed by atoms with Crippen LogP contribution in [-0.2, 0) is 4.79 Å². The van der Waals surface area contributed by atoms with Crippen molar-refractivity contribution in [2.75, 3.05) is 0 Å². The molecule has 0 aromatic heterocycles. The number of aliphatic carboxylic acids is 1. The van der Waals surface area contributed by atoms with Crippen molar-refractivity contribution in [3.05, 3.63) is 35.4 Å².